The number of benzene rings is 2. The van der Waals surface area contributed by atoms with Gasteiger partial charge in [0, 0.05) is 46.6 Å². The van der Waals surface area contributed by atoms with Crippen molar-refractivity contribution in [2.24, 2.45) is 0 Å². The molecule has 3 aromatic rings. The summed E-state index contributed by atoms with van der Waals surface area (Å²) in [5, 5.41) is 4.86. The summed E-state index contributed by atoms with van der Waals surface area (Å²) in [6.45, 7) is 2.25. The summed E-state index contributed by atoms with van der Waals surface area (Å²) in [6.07, 6.45) is 6.21. The molecule has 1 aliphatic heterocycles. The predicted octanol–water partition coefficient (Wildman–Crippen LogP) is 5.09. The van der Waals surface area contributed by atoms with Crippen LogP contribution in [0.25, 0.3) is 10.9 Å². The number of halogens is 1. The molecule has 138 valence electrons. The van der Waals surface area contributed by atoms with Gasteiger partial charge in [-0.25, -0.2) is 0 Å². The van der Waals surface area contributed by atoms with Gasteiger partial charge < -0.3 is 15.2 Å². The van der Waals surface area contributed by atoms with Gasteiger partial charge in [-0.15, -0.1) is 0 Å². The minimum absolute atomic E-state index is 0.0669. The topological polar surface area (TPSA) is 48.1 Å². The number of anilines is 2. The number of nitrogens with one attached hydrogen (secondary N) is 2. The Hall–Kier alpha value is -2.46. The first-order valence-corrected chi connectivity index (χ1v) is 9.97. The molecule has 2 aromatic carbocycles. The van der Waals surface area contributed by atoms with Crippen molar-refractivity contribution in [1.82, 2.24) is 4.98 Å². The summed E-state index contributed by atoms with van der Waals surface area (Å²) in [6, 6.07) is 14.0. The quantitative estimate of drug-likeness (QED) is 0.663. The first-order chi connectivity index (χ1) is 13.2. The van der Waals surface area contributed by atoms with Crippen molar-refractivity contribution in [3.8, 4) is 0 Å². The van der Waals surface area contributed by atoms with Crippen LogP contribution in [0.15, 0.2) is 48.7 Å². The zero-order valence-electron chi connectivity index (χ0n) is 15.1. The minimum atomic E-state index is -0.448. The van der Waals surface area contributed by atoms with E-state index in [0.29, 0.717) is 5.02 Å². The maximum absolute atomic E-state index is 13.1. The van der Waals surface area contributed by atoms with Gasteiger partial charge in [-0.3, -0.25) is 4.79 Å². The fourth-order valence-corrected chi connectivity index (χ4v) is 4.39. The number of H-pyrrole nitrogens is 1. The molecule has 2 heterocycles. The van der Waals surface area contributed by atoms with Crippen LogP contribution in [0, 0.1) is 0 Å². The Bertz CT molecular complexity index is 998. The Morgan fingerprint density at radius 1 is 1.07 bits per heavy atom. The van der Waals surface area contributed by atoms with Crippen LogP contribution in [0.4, 0.5) is 11.4 Å². The van der Waals surface area contributed by atoms with Gasteiger partial charge in [-0.2, -0.15) is 0 Å². The molecule has 1 amide bonds. The lowest BCUT2D eigenvalue weighted by atomic mass is 9.94. The molecule has 0 atom stereocenters. The number of fused-ring (bicyclic) bond motifs is 1. The summed E-state index contributed by atoms with van der Waals surface area (Å²) in [5.74, 6) is 0.0669. The normalized spacial score (nSPS) is 18.0. The van der Waals surface area contributed by atoms with E-state index in [4.69, 9.17) is 11.6 Å². The number of amides is 1. The number of aromatic nitrogens is 1. The second kappa shape index (κ2) is 6.31. The summed E-state index contributed by atoms with van der Waals surface area (Å²) in [5.41, 5.74) is 3.70. The van der Waals surface area contributed by atoms with Gasteiger partial charge in [0.2, 0.25) is 5.91 Å². The van der Waals surface area contributed by atoms with Crippen LogP contribution in [0.2, 0.25) is 5.02 Å². The molecule has 2 aliphatic rings. The van der Waals surface area contributed by atoms with Crippen LogP contribution in [0.1, 0.15) is 31.2 Å². The van der Waals surface area contributed by atoms with E-state index in [0.717, 1.165) is 48.1 Å². The molecule has 27 heavy (non-hydrogen) atoms. The standard InChI is InChI=1S/C22H22ClN3O/c23-15-3-8-20-18(13-15)19(14-24-20)22(9-10-22)21(27)25-16-4-6-17(7-5-16)26-11-1-2-12-26/h3-8,13-14,24H,1-2,9-12H2,(H,25,27). The average Bonchev–Trinajstić information content (AvgIpc) is 3.11. The van der Waals surface area contributed by atoms with E-state index in [1.54, 1.807) is 0 Å². The maximum Gasteiger partial charge on any atom is 0.235 e. The highest BCUT2D eigenvalue weighted by Crippen LogP contribution is 2.51. The third kappa shape index (κ3) is 2.88. The third-order valence-electron chi connectivity index (χ3n) is 5.94. The van der Waals surface area contributed by atoms with Crippen LogP contribution in [0.5, 0.6) is 0 Å². The Kier molecular flexibility index (Phi) is 3.90. The van der Waals surface area contributed by atoms with Gasteiger partial charge in [0.1, 0.15) is 0 Å². The molecule has 2 N–H and O–H groups in total. The van der Waals surface area contributed by atoms with Crippen LogP contribution >= 0.6 is 11.6 Å². The van der Waals surface area contributed by atoms with Crippen molar-refractivity contribution in [2.75, 3.05) is 23.3 Å². The second-order valence-electron chi connectivity index (χ2n) is 7.67. The van der Waals surface area contributed by atoms with Crippen molar-refractivity contribution in [1.29, 1.82) is 0 Å². The molecule has 5 rings (SSSR count). The van der Waals surface area contributed by atoms with E-state index < -0.39 is 5.41 Å². The summed E-state index contributed by atoms with van der Waals surface area (Å²) >= 11 is 6.18. The third-order valence-corrected chi connectivity index (χ3v) is 6.18. The smallest absolute Gasteiger partial charge is 0.235 e. The maximum atomic E-state index is 13.1. The fourth-order valence-electron chi connectivity index (χ4n) is 4.21. The lowest BCUT2D eigenvalue weighted by Crippen LogP contribution is -2.27. The van der Waals surface area contributed by atoms with Gasteiger partial charge in [0.25, 0.3) is 0 Å². The summed E-state index contributed by atoms with van der Waals surface area (Å²) in [7, 11) is 0. The number of aromatic amines is 1. The molecular weight excluding hydrogens is 358 g/mol. The van der Waals surface area contributed by atoms with Crippen molar-refractivity contribution >= 4 is 39.8 Å². The monoisotopic (exact) mass is 379 g/mol. The first kappa shape index (κ1) is 16.7. The van der Waals surface area contributed by atoms with E-state index in [-0.39, 0.29) is 5.91 Å². The molecule has 0 unspecified atom stereocenters. The number of carbonyl (C=O) groups is 1. The number of carbonyl (C=O) groups excluding carboxylic acids is 1. The van der Waals surface area contributed by atoms with Crippen molar-refractivity contribution < 1.29 is 4.79 Å². The molecular formula is C22H22ClN3O. The molecule has 0 radical (unpaired) electrons. The molecule has 1 saturated carbocycles. The van der Waals surface area contributed by atoms with Crippen molar-refractivity contribution in [2.45, 2.75) is 31.1 Å². The summed E-state index contributed by atoms with van der Waals surface area (Å²) in [4.78, 5) is 18.8. The van der Waals surface area contributed by atoms with E-state index in [2.05, 4.69) is 27.3 Å². The van der Waals surface area contributed by atoms with E-state index in [1.807, 2.05) is 36.5 Å². The average molecular weight is 380 g/mol. The number of nitrogens with zero attached hydrogens (tertiary/aromatic N) is 1. The highest BCUT2D eigenvalue weighted by molar-refractivity contribution is 6.31. The lowest BCUT2D eigenvalue weighted by Gasteiger charge is -2.19. The SMILES string of the molecule is O=C(Nc1ccc(N2CCCC2)cc1)C1(c2c[nH]c3ccc(Cl)cc23)CC1. The van der Waals surface area contributed by atoms with Crippen molar-refractivity contribution in [3.63, 3.8) is 0 Å². The largest absolute Gasteiger partial charge is 0.372 e. The number of hydrogen-bond acceptors (Lipinski definition) is 2. The molecule has 1 aliphatic carbocycles. The molecule has 5 heteroatoms. The Morgan fingerprint density at radius 2 is 1.81 bits per heavy atom. The van der Waals surface area contributed by atoms with Crippen LogP contribution < -0.4 is 10.2 Å². The number of rotatable bonds is 4. The number of hydrogen-bond donors (Lipinski definition) is 2. The molecule has 4 nitrogen and oxygen atoms in total. The zero-order valence-corrected chi connectivity index (χ0v) is 15.9. The van der Waals surface area contributed by atoms with Crippen LogP contribution in [-0.4, -0.2) is 24.0 Å². The van der Waals surface area contributed by atoms with Gasteiger partial charge in [0.15, 0.2) is 0 Å². The van der Waals surface area contributed by atoms with Gasteiger partial charge in [0.05, 0.1) is 5.41 Å². The Balaban J connectivity index is 1.38. The van der Waals surface area contributed by atoms with Crippen LogP contribution in [0.3, 0.4) is 0 Å². The second-order valence-corrected chi connectivity index (χ2v) is 8.11. The zero-order chi connectivity index (χ0) is 18.4. The highest BCUT2D eigenvalue weighted by Gasteiger charge is 2.52. The first-order valence-electron chi connectivity index (χ1n) is 9.59. The molecule has 0 spiro atoms. The Labute approximate surface area is 163 Å². The minimum Gasteiger partial charge on any atom is -0.372 e. The molecule has 2 fully saturated rings. The molecule has 1 aromatic heterocycles. The van der Waals surface area contributed by atoms with Gasteiger partial charge in [-0.05, 0) is 73.7 Å². The van der Waals surface area contributed by atoms with E-state index in [1.165, 1.54) is 18.5 Å². The predicted molar refractivity (Wildman–Crippen MR) is 111 cm³/mol. The highest BCUT2D eigenvalue weighted by atomic mass is 35.5. The van der Waals surface area contributed by atoms with Gasteiger partial charge >= 0.3 is 0 Å². The Morgan fingerprint density at radius 3 is 2.52 bits per heavy atom. The summed E-state index contributed by atoms with van der Waals surface area (Å²) < 4.78 is 0. The van der Waals surface area contributed by atoms with Crippen LogP contribution in [-0.2, 0) is 10.2 Å². The van der Waals surface area contributed by atoms with E-state index in [9.17, 15) is 4.79 Å². The fraction of sp³-hybridized carbons (Fsp3) is 0.318. The molecule has 0 bridgehead atoms. The van der Waals surface area contributed by atoms with E-state index >= 15 is 0 Å². The van der Waals surface area contributed by atoms with Crippen molar-refractivity contribution in [3.05, 3.63) is 59.2 Å². The van der Waals surface area contributed by atoms with Gasteiger partial charge in [-0.1, -0.05) is 11.6 Å². The lowest BCUT2D eigenvalue weighted by molar-refractivity contribution is -0.118. The molecule has 1 saturated heterocycles.